The first-order valence-electron chi connectivity index (χ1n) is 8.88. The summed E-state index contributed by atoms with van der Waals surface area (Å²) in [5, 5.41) is 0. The predicted octanol–water partition coefficient (Wildman–Crippen LogP) is 2.28. The van der Waals surface area contributed by atoms with Crippen molar-refractivity contribution in [1.82, 2.24) is 9.80 Å². The summed E-state index contributed by atoms with van der Waals surface area (Å²) in [6, 6.07) is 7.27. The molecule has 1 aromatic carbocycles. The predicted molar refractivity (Wildman–Crippen MR) is 92.0 cm³/mol. The van der Waals surface area contributed by atoms with Crippen molar-refractivity contribution in [3.8, 4) is 0 Å². The first kappa shape index (κ1) is 17.0. The van der Waals surface area contributed by atoms with Crippen molar-refractivity contribution in [1.29, 1.82) is 0 Å². The number of nitrogens with zero attached hydrogens (tertiary/aromatic N) is 2. The van der Waals surface area contributed by atoms with Crippen LogP contribution in [0.5, 0.6) is 0 Å². The number of hydrogen-bond donors (Lipinski definition) is 0. The third-order valence-corrected chi connectivity index (χ3v) is 5.15. The molecule has 0 bridgehead atoms. The number of likely N-dealkylation sites (tertiary alicyclic amines) is 2. The molecule has 1 atom stereocenters. The summed E-state index contributed by atoms with van der Waals surface area (Å²) in [5.74, 6) is -0.195. The lowest BCUT2D eigenvalue weighted by Crippen LogP contribution is -2.43. The summed E-state index contributed by atoms with van der Waals surface area (Å²) in [4.78, 5) is 28.8. The van der Waals surface area contributed by atoms with Gasteiger partial charge in [0.05, 0.1) is 18.6 Å². The maximum absolute atomic E-state index is 12.8. The van der Waals surface area contributed by atoms with E-state index >= 15 is 0 Å². The number of ether oxygens (including phenoxy) is 1. The Bertz CT molecular complexity index is 579. The van der Waals surface area contributed by atoms with Gasteiger partial charge in [0.1, 0.15) is 0 Å². The second-order valence-corrected chi connectivity index (χ2v) is 6.68. The Morgan fingerprint density at radius 3 is 2.46 bits per heavy atom. The highest BCUT2D eigenvalue weighted by atomic mass is 16.5. The molecule has 0 saturated carbocycles. The minimum absolute atomic E-state index is 0.0796. The van der Waals surface area contributed by atoms with Crippen molar-refractivity contribution in [3.05, 3.63) is 35.4 Å². The molecule has 0 aromatic heterocycles. The zero-order chi connectivity index (χ0) is 16.9. The van der Waals surface area contributed by atoms with E-state index in [1.807, 2.05) is 17.0 Å². The molecule has 5 heteroatoms. The molecular formula is C19H26N2O3. The molecule has 1 amide bonds. The number of rotatable bonds is 5. The Morgan fingerprint density at radius 1 is 1.08 bits per heavy atom. The fourth-order valence-corrected chi connectivity index (χ4v) is 3.71. The van der Waals surface area contributed by atoms with Crippen molar-refractivity contribution in [2.24, 2.45) is 0 Å². The van der Waals surface area contributed by atoms with Crippen molar-refractivity contribution >= 4 is 11.9 Å². The van der Waals surface area contributed by atoms with Gasteiger partial charge in [-0.1, -0.05) is 12.1 Å². The molecule has 0 N–H and O–H groups in total. The Labute approximate surface area is 143 Å². The lowest BCUT2D eigenvalue weighted by atomic mass is 9.89. The topological polar surface area (TPSA) is 49.9 Å². The average molecular weight is 330 g/mol. The van der Waals surface area contributed by atoms with Crippen LogP contribution in [0.4, 0.5) is 0 Å². The van der Waals surface area contributed by atoms with Gasteiger partial charge in [-0.3, -0.25) is 4.79 Å². The van der Waals surface area contributed by atoms with E-state index in [1.54, 1.807) is 12.1 Å². The molecule has 2 aliphatic heterocycles. The molecule has 2 fully saturated rings. The van der Waals surface area contributed by atoms with Gasteiger partial charge in [-0.15, -0.1) is 0 Å². The zero-order valence-corrected chi connectivity index (χ0v) is 14.4. The fourth-order valence-electron chi connectivity index (χ4n) is 3.71. The van der Waals surface area contributed by atoms with Crippen LogP contribution in [0.25, 0.3) is 0 Å². The standard InChI is InChI=1S/C19H26N2O3/c1-24-19(23)16-8-6-15(7-9-16)17-5-4-12-21(18(17)22)14-13-20-10-2-3-11-20/h6-9,17H,2-5,10-14H2,1H3. The number of piperidine rings is 1. The largest absolute Gasteiger partial charge is 0.465 e. The van der Waals surface area contributed by atoms with Crippen LogP contribution < -0.4 is 0 Å². The monoisotopic (exact) mass is 330 g/mol. The van der Waals surface area contributed by atoms with Gasteiger partial charge in [0.15, 0.2) is 0 Å². The lowest BCUT2D eigenvalue weighted by Gasteiger charge is -2.33. The summed E-state index contributed by atoms with van der Waals surface area (Å²) < 4.78 is 4.72. The Kier molecular flexibility index (Phi) is 5.51. The van der Waals surface area contributed by atoms with E-state index in [0.717, 1.165) is 38.0 Å². The van der Waals surface area contributed by atoms with E-state index in [1.165, 1.54) is 33.0 Å². The van der Waals surface area contributed by atoms with Crippen LogP contribution in [-0.2, 0) is 9.53 Å². The minimum Gasteiger partial charge on any atom is -0.465 e. The quantitative estimate of drug-likeness (QED) is 0.777. The molecule has 1 unspecified atom stereocenters. The number of methoxy groups -OCH3 is 1. The third kappa shape index (κ3) is 3.78. The van der Waals surface area contributed by atoms with Gasteiger partial charge < -0.3 is 14.5 Å². The zero-order valence-electron chi connectivity index (χ0n) is 14.4. The van der Waals surface area contributed by atoms with Crippen LogP contribution >= 0.6 is 0 Å². The molecule has 2 saturated heterocycles. The smallest absolute Gasteiger partial charge is 0.337 e. The van der Waals surface area contributed by atoms with Crippen LogP contribution in [0.3, 0.4) is 0 Å². The maximum Gasteiger partial charge on any atom is 0.337 e. The molecule has 5 nitrogen and oxygen atoms in total. The highest BCUT2D eigenvalue weighted by Gasteiger charge is 2.30. The summed E-state index contributed by atoms with van der Waals surface area (Å²) >= 11 is 0. The first-order chi connectivity index (χ1) is 11.7. The van der Waals surface area contributed by atoms with Crippen molar-refractivity contribution < 1.29 is 14.3 Å². The molecule has 2 aliphatic rings. The Morgan fingerprint density at radius 2 is 1.79 bits per heavy atom. The van der Waals surface area contributed by atoms with Gasteiger partial charge in [0.2, 0.25) is 5.91 Å². The fraction of sp³-hybridized carbons (Fsp3) is 0.579. The highest BCUT2D eigenvalue weighted by Crippen LogP contribution is 2.28. The normalized spacial score (nSPS) is 22.0. The molecule has 2 heterocycles. The van der Waals surface area contributed by atoms with E-state index in [4.69, 9.17) is 4.74 Å². The Hall–Kier alpha value is -1.88. The SMILES string of the molecule is COC(=O)c1ccc(C2CCCN(CCN3CCCC3)C2=O)cc1. The first-order valence-corrected chi connectivity index (χ1v) is 8.88. The van der Waals surface area contributed by atoms with Gasteiger partial charge in [-0.05, 0) is 56.5 Å². The third-order valence-electron chi connectivity index (χ3n) is 5.15. The molecule has 0 spiro atoms. The van der Waals surface area contributed by atoms with Gasteiger partial charge >= 0.3 is 5.97 Å². The van der Waals surface area contributed by atoms with Crippen LogP contribution in [-0.4, -0.2) is 61.5 Å². The maximum atomic E-state index is 12.8. The molecular weight excluding hydrogens is 304 g/mol. The molecule has 3 rings (SSSR count). The van der Waals surface area contributed by atoms with Gasteiger partial charge in [-0.2, -0.15) is 0 Å². The number of esters is 1. The van der Waals surface area contributed by atoms with Crippen molar-refractivity contribution in [3.63, 3.8) is 0 Å². The van der Waals surface area contributed by atoms with E-state index in [-0.39, 0.29) is 17.8 Å². The summed E-state index contributed by atoms with van der Waals surface area (Å²) in [7, 11) is 1.37. The summed E-state index contributed by atoms with van der Waals surface area (Å²) in [5.41, 5.74) is 1.52. The molecule has 0 aliphatic carbocycles. The molecule has 24 heavy (non-hydrogen) atoms. The molecule has 0 radical (unpaired) electrons. The van der Waals surface area contributed by atoms with Crippen molar-refractivity contribution in [2.45, 2.75) is 31.6 Å². The molecule has 1 aromatic rings. The Balaban J connectivity index is 1.62. The highest BCUT2D eigenvalue weighted by molar-refractivity contribution is 5.90. The second-order valence-electron chi connectivity index (χ2n) is 6.68. The number of hydrogen-bond acceptors (Lipinski definition) is 4. The summed E-state index contributed by atoms with van der Waals surface area (Å²) in [6.45, 7) is 5.01. The van der Waals surface area contributed by atoms with E-state index in [0.29, 0.717) is 5.56 Å². The second kappa shape index (κ2) is 7.79. The van der Waals surface area contributed by atoms with Gasteiger partial charge in [-0.25, -0.2) is 4.79 Å². The number of amides is 1. The van der Waals surface area contributed by atoms with E-state index in [9.17, 15) is 9.59 Å². The van der Waals surface area contributed by atoms with Crippen molar-refractivity contribution in [2.75, 3.05) is 39.8 Å². The van der Waals surface area contributed by atoms with E-state index < -0.39 is 0 Å². The number of benzene rings is 1. The van der Waals surface area contributed by atoms with Gasteiger partial charge in [0, 0.05) is 19.6 Å². The lowest BCUT2D eigenvalue weighted by molar-refractivity contribution is -0.135. The molecule has 130 valence electrons. The van der Waals surface area contributed by atoms with Crippen LogP contribution in [0.15, 0.2) is 24.3 Å². The van der Waals surface area contributed by atoms with Crippen LogP contribution in [0.1, 0.15) is 47.5 Å². The van der Waals surface area contributed by atoms with Crippen LogP contribution in [0.2, 0.25) is 0 Å². The van der Waals surface area contributed by atoms with E-state index in [2.05, 4.69) is 4.90 Å². The average Bonchev–Trinajstić information content (AvgIpc) is 3.14. The summed E-state index contributed by atoms with van der Waals surface area (Å²) in [6.07, 6.45) is 4.48. The minimum atomic E-state index is -0.344. The number of carbonyl (C=O) groups excluding carboxylic acids is 2. The van der Waals surface area contributed by atoms with Gasteiger partial charge in [0.25, 0.3) is 0 Å². The van der Waals surface area contributed by atoms with Crippen LogP contribution in [0, 0.1) is 0 Å². The number of carbonyl (C=O) groups is 2.